The molecule has 0 radical (unpaired) electrons. The highest BCUT2D eigenvalue weighted by atomic mass is 35.5. The number of pyridine rings is 1. The van der Waals surface area contributed by atoms with E-state index in [2.05, 4.69) is 32.7 Å². The summed E-state index contributed by atoms with van der Waals surface area (Å²) in [6, 6.07) is 11.4. The number of nitrogens with one attached hydrogen (secondary N) is 2. The Bertz CT molecular complexity index is 1580. The van der Waals surface area contributed by atoms with E-state index in [1.54, 1.807) is 22.9 Å². The zero-order valence-electron chi connectivity index (χ0n) is 23.5. The predicted molar refractivity (Wildman–Crippen MR) is 165 cm³/mol. The first-order chi connectivity index (χ1) is 19.8. The monoisotopic (exact) mass is 597 g/mol. The second kappa shape index (κ2) is 12.5. The van der Waals surface area contributed by atoms with E-state index in [1.807, 2.05) is 31.3 Å². The molecule has 3 heterocycles. The van der Waals surface area contributed by atoms with Gasteiger partial charge in [-0.15, -0.1) is 0 Å². The average Bonchev–Trinajstić information content (AvgIpc) is 2.99. The number of piperazine rings is 1. The van der Waals surface area contributed by atoms with Crippen LogP contribution >= 0.6 is 23.2 Å². The highest BCUT2D eigenvalue weighted by molar-refractivity contribution is 6.41. The fraction of sp³-hybridized carbons (Fsp3) is 0.345. The van der Waals surface area contributed by atoms with E-state index in [1.165, 1.54) is 14.2 Å². The van der Waals surface area contributed by atoms with Crippen molar-refractivity contribution < 1.29 is 9.47 Å². The third kappa shape index (κ3) is 6.06. The van der Waals surface area contributed by atoms with Gasteiger partial charge in [-0.1, -0.05) is 35.3 Å². The van der Waals surface area contributed by atoms with Gasteiger partial charge in [0, 0.05) is 68.7 Å². The van der Waals surface area contributed by atoms with Crippen LogP contribution in [0.4, 0.5) is 11.6 Å². The van der Waals surface area contributed by atoms with E-state index in [4.69, 9.17) is 37.7 Å². The molecule has 2 aromatic heterocycles. The number of ether oxygens (including phenoxy) is 2. The van der Waals surface area contributed by atoms with E-state index in [0.717, 1.165) is 37.4 Å². The predicted octanol–water partition coefficient (Wildman–Crippen LogP) is 4.64. The zero-order valence-corrected chi connectivity index (χ0v) is 25.0. The first-order valence-corrected chi connectivity index (χ1v) is 14.1. The molecule has 41 heavy (non-hydrogen) atoms. The highest BCUT2D eigenvalue weighted by Crippen LogP contribution is 2.45. The molecule has 0 saturated carbocycles. The molecule has 0 bridgehead atoms. The number of nitrogens with zero attached hydrogens (tertiary/aromatic N) is 5. The molecular formula is C29H33Cl2N7O3. The number of methoxy groups -OCH3 is 2. The van der Waals surface area contributed by atoms with Crippen LogP contribution in [-0.4, -0.2) is 78.9 Å². The summed E-state index contributed by atoms with van der Waals surface area (Å²) < 4.78 is 12.6. The van der Waals surface area contributed by atoms with Gasteiger partial charge >= 0.3 is 0 Å². The fourth-order valence-electron chi connectivity index (χ4n) is 4.86. The molecular weight excluding hydrogens is 565 g/mol. The van der Waals surface area contributed by atoms with E-state index < -0.39 is 0 Å². The molecule has 1 aliphatic rings. The van der Waals surface area contributed by atoms with Gasteiger partial charge in [-0.05, 0) is 37.2 Å². The molecule has 1 saturated heterocycles. The van der Waals surface area contributed by atoms with Crippen molar-refractivity contribution in [2.45, 2.75) is 13.0 Å². The smallest absolute Gasteiger partial charge is 0.260 e. The topological polar surface area (TPSA) is 96.8 Å². The van der Waals surface area contributed by atoms with Crippen LogP contribution in [-0.2, 0) is 13.0 Å². The van der Waals surface area contributed by atoms with Crippen LogP contribution in [0.15, 0.2) is 47.4 Å². The number of fused-ring (bicyclic) bond motifs is 1. The number of hydrogen-bond donors (Lipinski definition) is 2. The van der Waals surface area contributed by atoms with Crippen LogP contribution in [0.5, 0.6) is 11.5 Å². The summed E-state index contributed by atoms with van der Waals surface area (Å²) in [5.41, 5.74) is 6.28. The van der Waals surface area contributed by atoms with Gasteiger partial charge in [0.2, 0.25) is 5.95 Å². The Hall–Kier alpha value is -3.57. The largest absolute Gasteiger partial charge is 0.495 e. The SMILES string of the molecule is CNc1ccc(CCn2c(=O)c(-c3c(Cl)c(OC)cc(OC)c3Cl)cc3cnc(NN4CCN(C)CC4)nc32)cc1. The third-order valence-corrected chi connectivity index (χ3v) is 8.05. The molecule has 1 aliphatic heterocycles. The second-order valence-corrected chi connectivity index (χ2v) is 10.6. The first kappa shape index (κ1) is 28.9. The number of hydrogen-bond acceptors (Lipinski definition) is 9. The minimum absolute atomic E-state index is 0.221. The van der Waals surface area contributed by atoms with Crippen molar-refractivity contribution in [2.75, 3.05) is 65.2 Å². The Morgan fingerprint density at radius 3 is 2.24 bits per heavy atom. The Labute approximate surface area is 248 Å². The van der Waals surface area contributed by atoms with Crippen molar-refractivity contribution in [3.8, 4) is 22.6 Å². The summed E-state index contributed by atoms with van der Waals surface area (Å²) in [5.74, 6) is 1.13. The standard InChI is InChI=1S/C29H33Cl2N7O3/c1-32-20-7-5-18(6-8-20)9-10-38-27-19(17-33-29(34-27)35-37-13-11-36(2)12-14-37)15-21(28(38)39)24-25(30)22(40-3)16-23(41-4)26(24)31/h5-8,15-17,32H,9-14H2,1-4H3,(H,33,34,35). The van der Waals surface area contributed by atoms with Crippen molar-refractivity contribution in [2.24, 2.45) is 0 Å². The van der Waals surface area contributed by atoms with Crippen LogP contribution in [0.1, 0.15) is 5.56 Å². The Morgan fingerprint density at radius 2 is 1.63 bits per heavy atom. The third-order valence-electron chi connectivity index (χ3n) is 7.30. The molecule has 0 amide bonds. The molecule has 0 unspecified atom stereocenters. The van der Waals surface area contributed by atoms with Crippen LogP contribution in [0.2, 0.25) is 10.0 Å². The minimum Gasteiger partial charge on any atom is -0.495 e. The van der Waals surface area contributed by atoms with Gasteiger partial charge in [0.25, 0.3) is 5.56 Å². The van der Waals surface area contributed by atoms with Crippen molar-refractivity contribution in [3.63, 3.8) is 0 Å². The molecule has 2 aromatic carbocycles. The summed E-state index contributed by atoms with van der Waals surface area (Å²) in [5, 5.41) is 6.32. The molecule has 2 N–H and O–H groups in total. The van der Waals surface area contributed by atoms with E-state index in [-0.39, 0.29) is 15.6 Å². The number of anilines is 2. The van der Waals surface area contributed by atoms with Gasteiger partial charge in [0.05, 0.1) is 29.8 Å². The normalized spacial score (nSPS) is 14.3. The molecule has 4 aromatic rings. The van der Waals surface area contributed by atoms with Gasteiger partial charge in [-0.25, -0.2) is 9.99 Å². The Balaban J connectivity index is 1.62. The lowest BCUT2D eigenvalue weighted by Crippen LogP contribution is -2.47. The summed E-state index contributed by atoms with van der Waals surface area (Å²) >= 11 is 13.5. The Kier molecular flexibility index (Phi) is 8.84. The minimum atomic E-state index is -0.285. The summed E-state index contributed by atoms with van der Waals surface area (Å²) in [4.78, 5) is 25.8. The number of hydrazine groups is 1. The number of aromatic nitrogens is 3. The lowest BCUT2D eigenvalue weighted by atomic mass is 10.0. The Morgan fingerprint density at radius 1 is 0.976 bits per heavy atom. The summed E-state index contributed by atoms with van der Waals surface area (Å²) in [7, 11) is 6.98. The molecule has 5 rings (SSSR count). The second-order valence-electron chi connectivity index (χ2n) is 9.87. The maximum atomic E-state index is 14.2. The van der Waals surface area contributed by atoms with Crippen LogP contribution < -0.4 is 25.8 Å². The van der Waals surface area contributed by atoms with Crippen LogP contribution in [0, 0.1) is 0 Å². The van der Waals surface area contributed by atoms with E-state index in [9.17, 15) is 4.79 Å². The highest BCUT2D eigenvalue weighted by Gasteiger charge is 2.23. The molecule has 0 atom stereocenters. The molecule has 10 nitrogen and oxygen atoms in total. The fourth-order valence-corrected chi connectivity index (χ4v) is 5.56. The van der Waals surface area contributed by atoms with Gasteiger partial charge in [-0.3, -0.25) is 14.8 Å². The van der Waals surface area contributed by atoms with Gasteiger partial charge in [0.15, 0.2) is 0 Å². The molecule has 0 aliphatic carbocycles. The van der Waals surface area contributed by atoms with Crippen molar-refractivity contribution >= 4 is 45.9 Å². The van der Waals surface area contributed by atoms with Gasteiger partial charge < -0.3 is 19.7 Å². The number of aryl methyl sites for hydroxylation is 2. The maximum absolute atomic E-state index is 14.2. The quantitative estimate of drug-likeness (QED) is 0.286. The van der Waals surface area contributed by atoms with Gasteiger partial charge in [-0.2, -0.15) is 4.98 Å². The first-order valence-electron chi connectivity index (χ1n) is 13.3. The molecule has 12 heteroatoms. The number of rotatable bonds is 9. The van der Waals surface area contributed by atoms with E-state index in [0.29, 0.717) is 52.6 Å². The maximum Gasteiger partial charge on any atom is 0.260 e. The lowest BCUT2D eigenvalue weighted by molar-refractivity contribution is 0.178. The van der Waals surface area contributed by atoms with Crippen molar-refractivity contribution in [3.05, 3.63) is 68.6 Å². The number of benzene rings is 2. The summed E-state index contributed by atoms with van der Waals surface area (Å²) in [6.07, 6.45) is 2.32. The van der Waals surface area contributed by atoms with Crippen LogP contribution in [0.25, 0.3) is 22.2 Å². The average molecular weight is 599 g/mol. The number of halogens is 2. The van der Waals surface area contributed by atoms with Crippen molar-refractivity contribution in [1.29, 1.82) is 0 Å². The molecule has 1 fully saturated rings. The number of likely N-dealkylation sites (N-methyl/N-ethyl adjacent to an activating group) is 1. The zero-order chi connectivity index (χ0) is 29.1. The van der Waals surface area contributed by atoms with Gasteiger partial charge in [0.1, 0.15) is 17.1 Å². The van der Waals surface area contributed by atoms with Crippen LogP contribution in [0.3, 0.4) is 0 Å². The van der Waals surface area contributed by atoms with Crippen molar-refractivity contribution in [1.82, 2.24) is 24.4 Å². The summed E-state index contributed by atoms with van der Waals surface area (Å²) in [6.45, 7) is 3.92. The molecule has 0 spiro atoms. The molecule has 216 valence electrons. The van der Waals surface area contributed by atoms with E-state index >= 15 is 0 Å². The lowest BCUT2D eigenvalue weighted by Gasteiger charge is -2.32.